The van der Waals surface area contributed by atoms with Crippen LogP contribution < -0.4 is 0 Å². The lowest BCUT2D eigenvalue weighted by Crippen LogP contribution is -2.46. The second-order valence-electron chi connectivity index (χ2n) is 5.78. The van der Waals surface area contributed by atoms with Crippen molar-refractivity contribution in [1.29, 1.82) is 0 Å². The minimum atomic E-state index is 0.839. The van der Waals surface area contributed by atoms with Gasteiger partial charge in [0.25, 0.3) is 0 Å². The maximum Gasteiger partial charge on any atom is 0.0589 e. The second-order valence-corrected chi connectivity index (χ2v) is 6.77. The van der Waals surface area contributed by atoms with E-state index in [1.807, 2.05) is 11.3 Å². The second kappa shape index (κ2) is 7.88. The van der Waals surface area contributed by atoms with Gasteiger partial charge in [0, 0.05) is 51.3 Å². The molecule has 0 N–H and O–H groups in total. The lowest BCUT2D eigenvalue weighted by molar-refractivity contribution is 0.0943. The van der Waals surface area contributed by atoms with E-state index >= 15 is 0 Å². The fraction of sp³-hybridized carbons (Fsp3) is 0.444. The number of benzene rings is 1. The predicted octanol–water partition coefficient (Wildman–Crippen LogP) is 3.18. The van der Waals surface area contributed by atoms with Gasteiger partial charge < -0.3 is 4.74 Å². The minimum absolute atomic E-state index is 0.839. The van der Waals surface area contributed by atoms with Crippen molar-refractivity contribution in [2.45, 2.75) is 6.54 Å². The van der Waals surface area contributed by atoms with Gasteiger partial charge >= 0.3 is 0 Å². The van der Waals surface area contributed by atoms with Gasteiger partial charge in [0.2, 0.25) is 0 Å². The maximum atomic E-state index is 5.16. The van der Waals surface area contributed by atoms with E-state index < -0.39 is 0 Å². The van der Waals surface area contributed by atoms with Crippen molar-refractivity contribution in [3.05, 3.63) is 46.7 Å². The lowest BCUT2D eigenvalue weighted by Gasteiger charge is -2.34. The molecule has 3 nitrogen and oxygen atoms in total. The number of rotatable bonds is 6. The molecule has 1 aromatic carbocycles. The summed E-state index contributed by atoms with van der Waals surface area (Å²) in [5.41, 5.74) is 2.66. The quantitative estimate of drug-likeness (QED) is 0.814. The standard InChI is InChI=1S/C18H24N2OS/c1-21-12-11-19-7-9-20(10-8-19)14-18-13-17(15-22-18)16-5-3-2-4-6-16/h2-6,13,15H,7-12,14H2,1H3. The number of methoxy groups -OCH3 is 1. The molecule has 118 valence electrons. The first-order valence-electron chi connectivity index (χ1n) is 7.91. The molecule has 1 saturated heterocycles. The van der Waals surface area contributed by atoms with Crippen molar-refractivity contribution in [1.82, 2.24) is 9.80 Å². The molecule has 1 fully saturated rings. The van der Waals surface area contributed by atoms with Crippen molar-refractivity contribution in [3.8, 4) is 11.1 Å². The van der Waals surface area contributed by atoms with Gasteiger partial charge in [0.05, 0.1) is 6.61 Å². The molecule has 0 amide bonds. The molecule has 1 aliphatic rings. The first kappa shape index (κ1) is 15.7. The smallest absolute Gasteiger partial charge is 0.0589 e. The highest BCUT2D eigenvalue weighted by Gasteiger charge is 2.17. The molecular formula is C18H24N2OS. The van der Waals surface area contributed by atoms with Crippen LogP contribution in [0.4, 0.5) is 0 Å². The molecular weight excluding hydrogens is 292 g/mol. The summed E-state index contributed by atoms with van der Waals surface area (Å²) in [4.78, 5) is 6.51. The molecule has 0 atom stereocenters. The molecule has 2 aromatic rings. The van der Waals surface area contributed by atoms with Crippen LogP contribution in [0.2, 0.25) is 0 Å². The Hall–Kier alpha value is -1.20. The first-order chi connectivity index (χ1) is 10.8. The van der Waals surface area contributed by atoms with E-state index in [1.165, 1.54) is 16.0 Å². The summed E-state index contributed by atoms with van der Waals surface area (Å²) >= 11 is 1.88. The fourth-order valence-corrected chi connectivity index (χ4v) is 3.79. The number of hydrogen-bond acceptors (Lipinski definition) is 4. The number of nitrogens with zero attached hydrogens (tertiary/aromatic N) is 2. The molecule has 0 bridgehead atoms. The van der Waals surface area contributed by atoms with Crippen LogP contribution in [0.15, 0.2) is 41.8 Å². The summed E-state index contributed by atoms with van der Waals surface area (Å²) in [6.45, 7) is 7.59. The number of hydrogen-bond donors (Lipinski definition) is 0. The van der Waals surface area contributed by atoms with E-state index in [4.69, 9.17) is 4.74 Å². The van der Waals surface area contributed by atoms with Crippen LogP contribution in [-0.4, -0.2) is 56.2 Å². The largest absolute Gasteiger partial charge is 0.383 e. The Morgan fingerprint density at radius 3 is 2.45 bits per heavy atom. The van der Waals surface area contributed by atoms with Crippen molar-refractivity contribution in [2.24, 2.45) is 0 Å². The third kappa shape index (κ3) is 4.17. The molecule has 0 radical (unpaired) electrons. The van der Waals surface area contributed by atoms with E-state index in [0.717, 1.165) is 45.9 Å². The van der Waals surface area contributed by atoms with E-state index in [1.54, 1.807) is 7.11 Å². The maximum absolute atomic E-state index is 5.16. The Balaban J connectivity index is 1.51. The van der Waals surface area contributed by atoms with Gasteiger partial charge in [-0.1, -0.05) is 30.3 Å². The third-order valence-electron chi connectivity index (χ3n) is 4.22. The Bertz CT molecular complexity index is 561. The van der Waals surface area contributed by atoms with Gasteiger partial charge in [-0.15, -0.1) is 11.3 Å². The Morgan fingerprint density at radius 1 is 1.00 bits per heavy atom. The van der Waals surface area contributed by atoms with E-state index in [-0.39, 0.29) is 0 Å². The monoisotopic (exact) mass is 316 g/mol. The average Bonchev–Trinajstić information content (AvgIpc) is 3.04. The van der Waals surface area contributed by atoms with Crippen LogP contribution in [0, 0.1) is 0 Å². The SMILES string of the molecule is COCCN1CCN(Cc2cc(-c3ccccc3)cs2)CC1. The Morgan fingerprint density at radius 2 is 1.73 bits per heavy atom. The molecule has 0 unspecified atom stereocenters. The van der Waals surface area contributed by atoms with Crippen molar-refractivity contribution in [3.63, 3.8) is 0 Å². The van der Waals surface area contributed by atoms with Crippen LogP contribution in [0.25, 0.3) is 11.1 Å². The highest BCUT2D eigenvalue weighted by Crippen LogP contribution is 2.26. The van der Waals surface area contributed by atoms with E-state index in [2.05, 4.69) is 51.6 Å². The predicted molar refractivity (Wildman–Crippen MR) is 93.3 cm³/mol. The topological polar surface area (TPSA) is 15.7 Å². The molecule has 0 saturated carbocycles. The van der Waals surface area contributed by atoms with Crippen LogP contribution in [0.5, 0.6) is 0 Å². The van der Waals surface area contributed by atoms with Crippen LogP contribution in [0.3, 0.4) is 0 Å². The van der Waals surface area contributed by atoms with Crippen molar-refractivity contribution in [2.75, 3.05) is 46.4 Å². The zero-order chi connectivity index (χ0) is 15.2. The van der Waals surface area contributed by atoms with Gasteiger partial charge in [-0.25, -0.2) is 0 Å². The Labute approximate surface area is 137 Å². The molecule has 0 spiro atoms. The normalized spacial score (nSPS) is 17.0. The summed E-state index contributed by atoms with van der Waals surface area (Å²) < 4.78 is 5.16. The molecule has 0 aliphatic carbocycles. The summed E-state index contributed by atoms with van der Waals surface area (Å²) in [6, 6.07) is 13.0. The molecule has 3 rings (SSSR count). The van der Waals surface area contributed by atoms with Gasteiger partial charge in [-0.2, -0.15) is 0 Å². The zero-order valence-corrected chi connectivity index (χ0v) is 14.0. The Kier molecular flexibility index (Phi) is 5.62. The number of thiophene rings is 1. The minimum Gasteiger partial charge on any atom is -0.383 e. The van der Waals surface area contributed by atoms with Crippen molar-refractivity contribution < 1.29 is 4.74 Å². The average molecular weight is 316 g/mol. The van der Waals surface area contributed by atoms with E-state index in [9.17, 15) is 0 Å². The van der Waals surface area contributed by atoms with Crippen LogP contribution in [-0.2, 0) is 11.3 Å². The van der Waals surface area contributed by atoms with E-state index in [0.29, 0.717) is 0 Å². The lowest BCUT2D eigenvalue weighted by atomic mass is 10.1. The highest BCUT2D eigenvalue weighted by molar-refractivity contribution is 7.10. The van der Waals surface area contributed by atoms with Gasteiger partial charge in [0.15, 0.2) is 0 Å². The molecule has 4 heteroatoms. The van der Waals surface area contributed by atoms with Crippen molar-refractivity contribution >= 4 is 11.3 Å². The molecule has 1 aromatic heterocycles. The molecule has 22 heavy (non-hydrogen) atoms. The fourth-order valence-electron chi connectivity index (χ4n) is 2.86. The third-order valence-corrected chi connectivity index (χ3v) is 5.14. The van der Waals surface area contributed by atoms with Gasteiger partial charge in [-0.3, -0.25) is 9.80 Å². The molecule has 2 heterocycles. The van der Waals surface area contributed by atoms with Gasteiger partial charge in [-0.05, 0) is 22.6 Å². The van der Waals surface area contributed by atoms with Crippen LogP contribution in [0.1, 0.15) is 4.88 Å². The van der Waals surface area contributed by atoms with Crippen LogP contribution >= 0.6 is 11.3 Å². The zero-order valence-electron chi connectivity index (χ0n) is 13.2. The summed E-state index contributed by atoms with van der Waals surface area (Å²) in [5, 5.41) is 2.28. The summed E-state index contributed by atoms with van der Waals surface area (Å²) in [6.07, 6.45) is 0. The number of piperazine rings is 1. The summed E-state index contributed by atoms with van der Waals surface area (Å²) in [5.74, 6) is 0. The van der Waals surface area contributed by atoms with Gasteiger partial charge in [0.1, 0.15) is 0 Å². The summed E-state index contributed by atoms with van der Waals surface area (Å²) in [7, 11) is 1.78. The highest BCUT2D eigenvalue weighted by atomic mass is 32.1. The first-order valence-corrected chi connectivity index (χ1v) is 8.79. The number of ether oxygens (including phenoxy) is 1. The molecule has 1 aliphatic heterocycles.